The smallest absolute Gasteiger partial charge is 0.297 e. The number of para-hydroxylation sites is 1. The molecule has 1 aliphatic rings. The lowest BCUT2D eigenvalue weighted by molar-refractivity contribution is 0.233. The van der Waals surface area contributed by atoms with Crippen LogP contribution in [0.15, 0.2) is 48.5 Å². The van der Waals surface area contributed by atoms with Crippen molar-refractivity contribution in [2.24, 2.45) is 0 Å². The zero-order chi connectivity index (χ0) is 14.1. The Morgan fingerprint density at radius 1 is 1.10 bits per heavy atom. The number of fused-ring (bicyclic) bond motifs is 3. The summed E-state index contributed by atoms with van der Waals surface area (Å²) in [5, 5.41) is 0. The quantitative estimate of drug-likeness (QED) is 0.737. The van der Waals surface area contributed by atoms with E-state index >= 15 is 0 Å². The van der Waals surface area contributed by atoms with Crippen molar-refractivity contribution in [2.45, 2.75) is 19.6 Å². The molecule has 0 atom stereocenters. The molecule has 4 rings (SSSR count). The molecule has 0 radical (unpaired) electrons. The fraction of sp³-hybridized carbons (Fsp3) is 0.235. The van der Waals surface area contributed by atoms with E-state index in [0.717, 1.165) is 41.9 Å². The number of hydrogen-bond donors (Lipinski definition) is 0. The van der Waals surface area contributed by atoms with E-state index < -0.39 is 0 Å². The molecule has 0 amide bonds. The molecule has 0 saturated carbocycles. The molecule has 3 aromatic rings. The Labute approximate surface area is 122 Å². The van der Waals surface area contributed by atoms with Gasteiger partial charge in [0.05, 0.1) is 12.1 Å². The fourth-order valence-corrected chi connectivity index (χ4v) is 2.66. The van der Waals surface area contributed by atoms with Gasteiger partial charge in [-0.3, -0.25) is 4.57 Å². The van der Waals surface area contributed by atoms with Gasteiger partial charge in [-0.2, -0.15) is 4.98 Å². The Morgan fingerprint density at radius 2 is 2.00 bits per heavy atom. The average molecular weight is 280 g/mol. The molecule has 1 aromatic heterocycles. The highest BCUT2D eigenvalue weighted by Crippen LogP contribution is 2.31. The average Bonchev–Trinajstić information content (AvgIpc) is 2.93. The van der Waals surface area contributed by atoms with Crippen LogP contribution in [0.3, 0.4) is 0 Å². The number of aromatic nitrogens is 2. The van der Waals surface area contributed by atoms with Crippen molar-refractivity contribution in [3.8, 4) is 11.8 Å². The topological polar surface area (TPSA) is 36.3 Å². The normalized spacial score (nSPS) is 13.7. The van der Waals surface area contributed by atoms with E-state index in [4.69, 9.17) is 9.47 Å². The molecule has 106 valence electrons. The molecule has 4 nitrogen and oxygen atoms in total. The largest absolute Gasteiger partial charge is 0.487 e. The van der Waals surface area contributed by atoms with Gasteiger partial charge in [-0.25, -0.2) is 0 Å². The van der Waals surface area contributed by atoms with Gasteiger partial charge in [-0.15, -0.1) is 0 Å². The van der Waals surface area contributed by atoms with Crippen molar-refractivity contribution in [1.82, 2.24) is 9.55 Å². The first kappa shape index (κ1) is 12.3. The van der Waals surface area contributed by atoms with Gasteiger partial charge >= 0.3 is 0 Å². The van der Waals surface area contributed by atoms with Crippen molar-refractivity contribution in [2.75, 3.05) is 6.61 Å². The van der Waals surface area contributed by atoms with Crippen LogP contribution in [-0.2, 0) is 13.2 Å². The maximum atomic E-state index is 5.95. The zero-order valence-electron chi connectivity index (χ0n) is 11.7. The highest BCUT2D eigenvalue weighted by atomic mass is 16.5. The monoisotopic (exact) mass is 280 g/mol. The summed E-state index contributed by atoms with van der Waals surface area (Å²) in [4.78, 5) is 4.58. The molecule has 21 heavy (non-hydrogen) atoms. The summed E-state index contributed by atoms with van der Waals surface area (Å²) < 4.78 is 13.7. The lowest BCUT2D eigenvalue weighted by Crippen LogP contribution is -2.13. The van der Waals surface area contributed by atoms with Crippen molar-refractivity contribution < 1.29 is 9.47 Å². The molecular formula is C17H16N2O2. The standard InChI is InChI=1S/C17H16N2O2/c1-2-6-13(7-3-1)12-21-15-9-4-8-14-16(15)18-17-19(14)10-5-11-20-17/h1-4,6-9H,5,10-12H2. The van der Waals surface area contributed by atoms with Crippen molar-refractivity contribution in [1.29, 1.82) is 0 Å². The van der Waals surface area contributed by atoms with Gasteiger partial charge in [0.25, 0.3) is 6.01 Å². The second-order valence-corrected chi connectivity index (χ2v) is 5.15. The van der Waals surface area contributed by atoms with Crippen LogP contribution in [0.2, 0.25) is 0 Å². The molecule has 1 aliphatic heterocycles. The highest BCUT2D eigenvalue weighted by molar-refractivity contribution is 5.83. The van der Waals surface area contributed by atoms with Crippen LogP contribution in [0.4, 0.5) is 0 Å². The fourth-order valence-electron chi connectivity index (χ4n) is 2.66. The van der Waals surface area contributed by atoms with Gasteiger partial charge in [0.15, 0.2) is 0 Å². The van der Waals surface area contributed by atoms with E-state index in [1.807, 2.05) is 30.3 Å². The van der Waals surface area contributed by atoms with Crippen molar-refractivity contribution >= 4 is 11.0 Å². The third-order valence-corrected chi connectivity index (χ3v) is 3.70. The maximum Gasteiger partial charge on any atom is 0.297 e. The van der Waals surface area contributed by atoms with Crippen LogP contribution in [-0.4, -0.2) is 16.2 Å². The summed E-state index contributed by atoms with van der Waals surface area (Å²) in [7, 11) is 0. The number of benzene rings is 2. The first-order chi connectivity index (χ1) is 10.4. The molecule has 0 aliphatic carbocycles. The Kier molecular flexibility index (Phi) is 2.99. The molecule has 0 spiro atoms. The molecule has 2 aromatic carbocycles. The molecule has 2 heterocycles. The lowest BCUT2D eigenvalue weighted by atomic mass is 10.2. The molecule has 4 heteroatoms. The SMILES string of the molecule is c1ccc(COc2cccc3c2nc2n3CCCO2)cc1. The van der Waals surface area contributed by atoms with E-state index in [2.05, 4.69) is 27.8 Å². The molecule has 0 fully saturated rings. The summed E-state index contributed by atoms with van der Waals surface area (Å²) in [5.41, 5.74) is 3.11. The summed E-state index contributed by atoms with van der Waals surface area (Å²) in [6.07, 6.45) is 1.02. The Morgan fingerprint density at radius 3 is 2.90 bits per heavy atom. The van der Waals surface area contributed by atoms with Crippen LogP contribution >= 0.6 is 0 Å². The summed E-state index contributed by atoms with van der Waals surface area (Å²) in [6, 6.07) is 16.9. The van der Waals surface area contributed by atoms with E-state index in [1.54, 1.807) is 0 Å². The van der Waals surface area contributed by atoms with Gasteiger partial charge < -0.3 is 9.47 Å². The zero-order valence-corrected chi connectivity index (χ0v) is 11.7. The number of aryl methyl sites for hydroxylation is 1. The minimum atomic E-state index is 0.545. The van der Waals surface area contributed by atoms with Gasteiger partial charge in [0.2, 0.25) is 0 Å². The summed E-state index contributed by atoms with van der Waals surface area (Å²) in [6.45, 7) is 2.24. The molecule has 0 saturated heterocycles. The number of hydrogen-bond acceptors (Lipinski definition) is 3. The third kappa shape index (κ3) is 2.23. The summed E-state index contributed by atoms with van der Waals surface area (Å²) in [5.74, 6) is 0.807. The van der Waals surface area contributed by atoms with Crippen molar-refractivity contribution in [3.05, 3.63) is 54.1 Å². The minimum absolute atomic E-state index is 0.545. The number of ether oxygens (including phenoxy) is 2. The van der Waals surface area contributed by atoms with Crippen molar-refractivity contribution in [3.63, 3.8) is 0 Å². The second kappa shape index (κ2) is 5.13. The predicted octanol–water partition coefficient (Wildman–Crippen LogP) is 3.40. The van der Waals surface area contributed by atoms with Crippen LogP contribution in [0.5, 0.6) is 11.8 Å². The second-order valence-electron chi connectivity index (χ2n) is 5.15. The first-order valence-electron chi connectivity index (χ1n) is 7.20. The highest BCUT2D eigenvalue weighted by Gasteiger charge is 2.18. The number of imidazole rings is 1. The summed E-state index contributed by atoms with van der Waals surface area (Å²) >= 11 is 0. The van der Waals surface area contributed by atoms with Gasteiger partial charge in [0.1, 0.15) is 17.9 Å². The Balaban J connectivity index is 1.67. The van der Waals surface area contributed by atoms with Gasteiger partial charge in [0, 0.05) is 6.54 Å². The van der Waals surface area contributed by atoms with Crippen LogP contribution in [0.1, 0.15) is 12.0 Å². The van der Waals surface area contributed by atoms with Crippen LogP contribution in [0, 0.1) is 0 Å². The maximum absolute atomic E-state index is 5.95. The van der Waals surface area contributed by atoms with Crippen LogP contribution < -0.4 is 9.47 Å². The van der Waals surface area contributed by atoms with E-state index in [1.165, 1.54) is 0 Å². The predicted molar refractivity (Wildman–Crippen MR) is 80.6 cm³/mol. The van der Waals surface area contributed by atoms with E-state index in [0.29, 0.717) is 12.6 Å². The molecule has 0 bridgehead atoms. The Hall–Kier alpha value is -2.49. The van der Waals surface area contributed by atoms with Gasteiger partial charge in [-0.1, -0.05) is 36.4 Å². The Bertz CT molecular complexity index is 765. The van der Waals surface area contributed by atoms with Crippen LogP contribution in [0.25, 0.3) is 11.0 Å². The molecule has 0 N–H and O–H groups in total. The molecular weight excluding hydrogens is 264 g/mol. The van der Waals surface area contributed by atoms with E-state index in [-0.39, 0.29) is 0 Å². The third-order valence-electron chi connectivity index (χ3n) is 3.70. The first-order valence-corrected chi connectivity index (χ1v) is 7.20. The number of rotatable bonds is 3. The van der Waals surface area contributed by atoms with E-state index in [9.17, 15) is 0 Å². The minimum Gasteiger partial charge on any atom is -0.487 e. The van der Waals surface area contributed by atoms with Gasteiger partial charge in [-0.05, 0) is 24.1 Å². The lowest BCUT2D eigenvalue weighted by Gasteiger charge is -2.14. The number of nitrogens with zero attached hydrogens (tertiary/aromatic N) is 2. The molecule has 0 unspecified atom stereocenters.